The van der Waals surface area contributed by atoms with Crippen LogP contribution in [0.5, 0.6) is 0 Å². The fourth-order valence-corrected chi connectivity index (χ4v) is 3.57. The number of amides is 1. The monoisotopic (exact) mass is 399 g/mol. The number of fused-ring (bicyclic) bond motifs is 1. The molecule has 1 saturated heterocycles. The normalized spacial score (nSPS) is 17.5. The van der Waals surface area contributed by atoms with Crippen LogP contribution in [-0.4, -0.2) is 16.1 Å². The van der Waals surface area contributed by atoms with Gasteiger partial charge in [-0.1, -0.05) is 24.3 Å². The minimum Gasteiger partial charge on any atom is -0.300 e. The smallest absolute Gasteiger partial charge is 0.300 e. The number of nitrogens with one attached hydrogen (secondary N) is 1. The molecule has 0 spiro atoms. The SMILES string of the molecule is O=C1NC(=Nc2ccccc2C(F)(F)F)S/C1=C/c1ccc2ncccc2c1. The number of hydrogen-bond acceptors (Lipinski definition) is 4. The first-order chi connectivity index (χ1) is 13.4. The van der Waals surface area contributed by atoms with Gasteiger partial charge in [0, 0.05) is 11.6 Å². The number of hydrogen-bond donors (Lipinski definition) is 1. The molecule has 0 aliphatic carbocycles. The van der Waals surface area contributed by atoms with Crippen LogP contribution >= 0.6 is 11.8 Å². The standard InChI is InChI=1S/C20H12F3N3OS/c21-20(22,23)14-5-1-2-6-16(14)25-19-26-18(27)17(28-19)11-12-7-8-15-13(10-12)4-3-9-24-15/h1-11H,(H,25,26,27)/b17-11+. The summed E-state index contributed by atoms with van der Waals surface area (Å²) < 4.78 is 39.3. The van der Waals surface area contributed by atoms with Gasteiger partial charge in [-0.25, -0.2) is 4.99 Å². The van der Waals surface area contributed by atoms with Crippen molar-refractivity contribution in [2.45, 2.75) is 6.18 Å². The number of pyridine rings is 1. The molecule has 3 aromatic rings. The molecular formula is C20H12F3N3OS. The Hall–Kier alpha value is -3.13. The van der Waals surface area contributed by atoms with Crippen molar-refractivity contribution in [3.63, 3.8) is 0 Å². The van der Waals surface area contributed by atoms with Gasteiger partial charge in [0.25, 0.3) is 5.91 Å². The van der Waals surface area contributed by atoms with Gasteiger partial charge in [-0.05, 0) is 53.7 Å². The topological polar surface area (TPSA) is 54.4 Å². The number of benzene rings is 2. The van der Waals surface area contributed by atoms with E-state index in [1.54, 1.807) is 12.3 Å². The number of amidine groups is 1. The summed E-state index contributed by atoms with van der Waals surface area (Å²) in [6.07, 6.45) is -1.15. The van der Waals surface area contributed by atoms with E-state index in [0.717, 1.165) is 34.3 Å². The molecule has 1 fully saturated rings. The van der Waals surface area contributed by atoms with Crippen molar-refractivity contribution in [3.8, 4) is 0 Å². The third-order valence-electron chi connectivity index (χ3n) is 4.01. The van der Waals surface area contributed by atoms with Crippen LogP contribution in [0.2, 0.25) is 0 Å². The van der Waals surface area contributed by atoms with Gasteiger partial charge < -0.3 is 5.32 Å². The maximum atomic E-state index is 13.1. The lowest BCUT2D eigenvalue weighted by Crippen LogP contribution is -2.19. The van der Waals surface area contributed by atoms with E-state index < -0.39 is 17.6 Å². The minimum absolute atomic E-state index is 0.107. The molecule has 2 aromatic carbocycles. The Morgan fingerprint density at radius 2 is 1.89 bits per heavy atom. The second kappa shape index (κ2) is 7.12. The van der Waals surface area contributed by atoms with E-state index in [1.165, 1.54) is 18.2 Å². The minimum atomic E-state index is -4.52. The first-order valence-electron chi connectivity index (χ1n) is 8.21. The van der Waals surface area contributed by atoms with Crippen LogP contribution in [0.4, 0.5) is 18.9 Å². The van der Waals surface area contributed by atoms with Crippen LogP contribution in [0.3, 0.4) is 0 Å². The number of alkyl halides is 3. The lowest BCUT2D eigenvalue weighted by atomic mass is 10.1. The van der Waals surface area contributed by atoms with E-state index in [9.17, 15) is 18.0 Å². The van der Waals surface area contributed by atoms with Gasteiger partial charge in [0.15, 0.2) is 5.17 Å². The average molecular weight is 399 g/mol. The number of carbonyl (C=O) groups excluding carboxylic acids is 1. The zero-order valence-electron chi connectivity index (χ0n) is 14.2. The van der Waals surface area contributed by atoms with Crippen molar-refractivity contribution < 1.29 is 18.0 Å². The number of para-hydroxylation sites is 1. The molecule has 1 aliphatic heterocycles. The fraction of sp³-hybridized carbons (Fsp3) is 0.0500. The van der Waals surface area contributed by atoms with Crippen LogP contribution < -0.4 is 5.32 Å². The van der Waals surface area contributed by atoms with Crippen LogP contribution in [-0.2, 0) is 11.0 Å². The van der Waals surface area contributed by atoms with E-state index in [2.05, 4.69) is 15.3 Å². The third-order valence-corrected chi connectivity index (χ3v) is 4.92. The predicted molar refractivity (Wildman–Crippen MR) is 104 cm³/mol. The highest BCUT2D eigenvalue weighted by Gasteiger charge is 2.34. The third kappa shape index (κ3) is 3.77. The summed E-state index contributed by atoms with van der Waals surface area (Å²) in [4.78, 5) is 20.8. The van der Waals surface area contributed by atoms with Gasteiger partial charge in [-0.3, -0.25) is 9.78 Å². The van der Waals surface area contributed by atoms with Crippen molar-refractivity contribution >= 4 is 45.5 Å². The van der Waals surface area contributed by atoms with Gasteiger partial charge in [-0.2, -0.15) is 13.2 Å². The molecule has 4 rings (SSSR count). The Balaban J connectivity index is 1.64. The quantitative estimate of drug-likeness (QED) is 0.607. The number of halogens is 3. The molecule has 2 heterocycles. The number of carbonyl (C=O) groups is 1. The molecule has 1 N–H and O–H groups in total. The van der Waals surface area contributed by atoms with Crippen molar-refractivity contribution in [2.75, 3.05) is 0 Å². The van der Waals surface area contributed by atoms with Crippen LogP contribution in [0, 0.1) is 0 Å². The number of thioether (sulfide) groups is 1. The molecule has 0 bridgehead atoms. The largest absolute Gasteiger partial charge is 0.418 e. The van der Waals surface area contributed by atoms with E-state index in [1.807, 2.05) is 30.3 Å². The van der Waals surface area contributed by atoms with Gasteiger partial charge in [0.1, 0.15) is 0 Å². The highest BCUT2D eigenvalue weighted by Crippen LogP contribution is 2.37. The van der Waals surface area contributed by atoms with Crippen molar-refractivity contribution in [1.29, 1.82) is 0 Å². The maximum Gasteiger partial charge on any atom is 0.418 e. The summed E-state index contributed by atoms with van der Waals surface area (Å²) >= 11 is 1.00. The second-order valence-electron chi connectivity index (χ2n) is 5.95. The predicted octanol–water partition coefficient (Wildman–Crippen LogP) is 5.15. The molecule has 0 radical (unpaired) electrons. The molecule has 1 aliphatic rings. The van der Waals surface area contributed by atoms with E-state index >= 15 is 0 Å². The Bertz CT molecular complexity index is 1140. The summed E-state index contributed by atoms with van der Waals surface area (Å²) in [6.45, 7) is 0. The maximum absolute atomic E-state index is 13.1. The summed E-state index contributed by atoms with van der Waals surface area (Å²) in [6, 6.07) is 14.3. The van der Waals surface area contributed by atoms with Crippen molar-refractivity contribution in [2.24, 2.45) is 4.99 Å². The first-order valence-corrected chi connectivity index (χ1v) is 9.02. The molecule has 1 aromatic heterocycles. The summed E-state index contributed by atoms with van der Waals surface area (Å²) in [7, 11) is 0. The van der Waals surface area contributed by atoms with E-state index in [-0.39, 0.29) is 10.9 Å². The molecule has 0 unspecified atom stereocenters. The Kier molecular flexibility index (Phi) is 4.64. The fourth-order valence-electron chi connectivity index (χ4n) is 2.74. The first kappa shape index (κ1) is 18.2. The average Bonchev–Trinajstić information content (AvgIpc) is 3.00. The molecular weight excluding hydrogens is 387 g/mol. The molecule has 28 heavy (non-hydrogen) atoms. The lowest BCUT2D eigenvalue weighted by molar-refractivity contribution is -0.137. The Labute approximate surface area is 162 Å². The van der Waals surface area contributed by atoms with Crippen molar-refractivity contribution in [3.05, 3.63) is 76.8 Å². The van der Waals surface area contributed by atoms with Gasteiger partial charge in [0.2, 0.25) is 0 Å². The van der Waals surface area contributed by atoms with Gasteiger partial charge in [-0.15, -0.1) is 0 Å². The highest BCUT2D eigenvalue weighted by molar-refractivity contribution is 8.18. The van der Waals surface area contributed by atoms with Crippen LogP contribution in [0.15, 0.2) is 70.7 Å². The van der Waals surface area contributed by atoms with Crippen LogP contribution in [0.1, 0.15) is 11.1 Å². The number of aromatic nitrogens is 1. The van der Waals surface area contributed by atoms with Gasteiger partial charge in [0.05, 0.1) is 21.7 Å². The number of aliphatic imine (C=N–C) groups is 1. The zero-order valence-corrected chi connectivity index (χ0v) is 15.0. The molecule has 0 saturated carbocycles. The molecule has 0 atom stereocenters. The second-order valence-corrected chi connectivity index (χ2v) is 6.98. The van der Waals surface area contributed by atoms with Crippen LogP contribution in [0.25, 0.3) is 17.0 Å². The Morgan fingerprint density at radius 1 is 1.07 bits per heavy atom. The summed E-state index contributed by atoms with van der Waals surface area (Å²) in [5, 5.41) is 3.55. The lowest BCUT2D eigenvalue weighted by Gasteiger charge is -2.09. The Morgan fingerprint density at radius 3 is 2.71 bits per heavy atom. The van der Waals surface area contributed by atoms with Crippen molar-refractivity contribution in [1.82, 2.24) is 10.3 Å². The molecule has 8 heteroatoms. The molecule has 1 amide bonds. The zero-order chi connectivity index (χ0) is 19.7. The summed E-state index contributed by atoms with van der Waals surface area (Å²) in [5.41, 5.74) is 0.530. The summed E-state index contributed by atoms with van der Waals surface area (Å²) in [5.74, 6) is -0.403. The van der Waals surface area contributed by atoms with E-state index in [0.29, 0.717) is 4.91 Å². The molecule has 4 nitrogen and oxygen atoms in total. The molecule has 140 valence electrons. The van der Waals surface area contributed by atoms with Gasteiger partial charge >= 0.3 is 6.18 Å². The number of rotatable bonds is 2. The highest BCUT2D eigenvalue weighted by atomic mass is 32.2. The number of nitrogens with zero attached hydrogens (tertiary/aromatic N) is 2. The van der Waals surface area contributed by atoms with E-state index in [4.69, 9.17) is 0 Å².